The van der Waals surface area contributed by atoms with Gasteiger partial charge in [0.05, 0.1) is 101 Å². The van der Waals surface area contributed by atoms with Gasteiger partial charge in [0.15, 0.2) is 28.4 Å². The molecule has 15 heterocycles. The lowest BCUT2D eigenvalue weighted by Gasteiger charge is -2.41. The molecule has 25 heteroatoms. The lowest BCUT2D eigenvalue weighted by molar-refractivity contribution is -0.0712. The van der Waals surface area contributed by atoms with Crippen molar-refractivity contribution in [3.05, 3.63) is 186 Å². The number of β-amino-alcohol motifs (C(OH)–C–C–N with tert-alkyl or cyclic N) is 2. The third-order valence-corrected chi connectivity index (χ3v) is 18.8. The number of benzene rings is 1. The number of pyridine rings is 2. The Hall–Kier alpha value is -9.01. The molecule has 16 rings (SSSR count). The lowest BCUT2D eigenvalue weighted by atomic mass is 9.89. The van der Waals surface area contributed by atoms with Gasteiger partial charge in [0.25, 0.3) is 16.7 Å². The van der Waals surface area contributed by atoms with Crippen molar-refractivity contribution in [2.75, 3.05) is 78.8 Å². The molecule has 0 amide bonds. The number of fused-ring (bicyclic) bond motifs is 6. The molecule has 2 N–H and O–H groups in total. The van der Waals surface area contributed by atoms with E-state index in [4.69, 9.17) is 36.0 Å². The molecular formula is C68H72ClN17O7. The normalized spacial score (nSPS) is 16.8. The van der Waals surface area contributed by atoms with Crippen LogP contribution in [0.1, 0.15) is 96.2 Å². The summed E-state index contributed by atoms with van der Waals surface area (Å²) in [5, 5.41) is 28.0. The van der Waals surface area contributed by atoms with Crippen LogP contribution in [0.3, 0.4) is 0 Å². The number of oxazole rings is 1. The molecule has 4 aliphatic rings. The van der Waals surface area contributed by atoms with Crippen molar-refractivity contribution in [2.45, 2.75) is 90.0 Å². The molecule has 0 spiro atoms. The molecular weight excluding hydrogens is 1200 g/mol. The molecule has 24 nitrogen and oxygen atoms in total. The lowest BCUT2D eigenvalue weighted by Crippen LogP contribution is -2.51. The molecule has 93 heavy (non-hydrogen) atoms. The topological polar surface area (TPSA) is 262 Å². The Kier molecular flexibility index (Phi) is 17.3. The van der Waals surface area contributed by atoms with Crippen LogP contribution in [-0.2, 0) is 4.74 Å². The molecule has 478 valence electrons. The van der Waals surface area contributed by atoms with Crippen LogP contribution in [0.15, 0.2) is 129 Å². The van der Waals surface area contributed by atoms with Gasteiger partial charge in [-0.05, 0) is 153 Å². The van der Waals surface area contributed by atoms with Gasteiger partial charge in [-0.15, -0.1) is 0 Å². The van der Waals surface area contributed by atoms with Crippen LogP contribution in [0.25, 0.3) is 73.1 Å². The average molecular weight is 1270 g/mol. The monoisotopic (exact) mass is 1270 g/mol. The van der Waals surface area contributed by atoms with E-state index >= 15 is 0 Å². The van der Waals surface area contributed by atoms with Gasteiger partial charge in [0, 0.05) is 86.0 Å². The van der Waals surface area contributed by atoms with Gasteiger partial charge in [-0.2, -0.15) is 14.7 Å². The molecule has 0 saturated carbocycles. The summed E-state index contributed by atoms with van der Waals surface area (Å²) in [6.07, 6.45) is 17.2. The molecule has 4 aliphatic heterocycles. The number of likely N-dealkylation sites (tertiary alicyclic amines) is 3. The number of imidazole rings is 1. The number of halogens is 1. The van der Waals surface area contributed by atoms with E-state index in [-0.39, 0.29) is 29.9 Å². The SMILES string of the molecule is Cc1cn2cc(-c3cc(=O)n4cc(C5CCN(CCO)CC5)ncc4n3)cc(Cl)c2n1.Cc1cn2nc(-c3cc(=O)n4cc(C5CCN(C6COC6)CC5)ccc4n3)cc2c(C)n1.Cc1nc2ccc(-c3cc(=O)n4nc(C5CCN(CCO)CC5)ccc4n3)cc2o1. The predicted octanol–water partition coefficient (Wildman–Crippen LogP) is 7.51. The maximum Gasteiger partial charge on any atom is 0.275 e. The molecule has 0 aliphatic carbocycles. The minimum absolute atomic E-state index is 0.0843. The maximum absolute atomic E-state index is 13.0. The van der Waals surface area contributed by atoms with Gasteiger partial charge in [-0.3, -0.25) is 38.1 Å². The largest absolute Gasteiger partial charge is 0.441 e. The smallest absolute Gasteiger partial charge is 0.275 e. The Bertz CT molecular complexity index is 4950. The van der Waals surface area contributed by atoms with Crippen molar-refractivity contribution in [1.29, 1.82) is 0 Å². The fourth-order valence-electron chi connectivity index (χ4n) is 13.4. The van der Waals surface area contributed by atoms with Gasteiger partial charge in [-0.25, -0.2) is 29.4 Å². The first-order valence-electron chi connectivity index (χ1n) is 31.9. The number of aliphatic hydroxyl groups is 2. The van der Waals surface area contributed by atoms with Crippen LogP contribution in [0.5, 0.6) is 0 Å². The summed E-state index contributed by atoms with van der Waals surface area (Å²) < 4.78 is 19.2. The molecule has 0 bridgehead atoms. The van der Waals surface area contributed by atoms with Gasteiger partial charge in [0.1, 0.15) is 16.9 Å². The van der Waals surface area contributed by atoms with Crippen LogP contribution in [0.4, 0.5) is 0 Å². The number of ether oxygens (including phenoxy) is 1. The first-order chi connectivity index (χ1) is 45.2. The summed E-state index contributed by atoms with van der Waals surface area (Å²) in [5.74, 6) is 1.69. The van der Waals surface area contributed by atoms with Crippen LogP contribution >= 0.6 is 11.6 Å². The van der Waals surface area contributed by atoms with E-state index in [0.29, 0.717) is 98.7 Å². The molecule has 4 fully saturated rings. The Labute approximate surface area is 538 Å². The van der Waals surface area contributed by atoms with E-state index in [1.165, 1.54) is 22.2 Å². The number of aromatic nitrogens is 14. The molecule has 1 aromatic carbocycles. The van der Waals surface area contributed by atoms with Gasteiger partial charge < -0.3 is 33.6 Å². The second-order valence-corrected chi connectivity index (χ2v) is 25.2. The number of aliphatic hydroxyl groups excluding tert-OH is 2. The van der Waals surface area contributed by atoms with Gasteiger partial charge in [0.2, 0.25) is 0 Å². The zero-order valence-corrected chi connectivity index (χ0v) is 53.1. The summed E-state index contributed by atoms with van der Waals surface area (Å²) in [4.78, 5) is 77.6. The number of nitrogens with zero attached hydrogens (tertiary/aromatic N) is 17. The first-order valence-corrected chi connectivity index (χ1v) is 32.2. The Morgan fingerprint density at radius 1 is 0.559 bits per heavy atom. The fraction of sp³-hybridized carbons (Fsp3) is 0.382. The van der Waals surface area contributed by atoms with E-state index in [0.717, 1.165) is 142 Å². The highest BCUT2D eigenvalue weighted by Gasteiger charge is 2.31. The third-order valence-electron chi connectivity index (χ3n) is 18.5. The van der Waals surface area contributed by atoms with Crippen molar-refractivity contribution >= 4 is 50.8 Å². The standard InChI is InChI=1S/C24H26N6O2.C22H23ClN6O2.C22H23N5O3/c1-15-11-30-22(16(2)25-15)9-21(27-30)20-10-24(31)29-12-18(3-4-23(29)26-20)17-5-7-28(8-6-17)19-13-32-14-19;1-14-11-28-12-16(8-17(23)22(28)25-14)18-9-21(31)29-13-19(24-10-20(29)26-18)15-2-4-27(5-3-15)6-7-30;1-14-23-18-3-2-16(12-20(18)30-14)19-13-22(29)27-21(24-19)5-4-17(25-27)15-6-8-26(9-7-15)10-11-28/h3-4,9-12,17,19H,5-8,13-14H2,1-2H3;8-13,15,30H,2-7H2,1H3;2-5,12-13,15,28H,6-11H2,1H3. The van der Waals surface area contributed by atoms with Gasteiger partial charge >= 0.3 is 0 Å². The van der Waals surface area contributed by atoms with Gasteiger partial charge in [-0.1, -0.05) is 23.7 Å². The molecule has 0 unspecified atom stereocenters. The first kappa shape index (κ1) is 61.5. The number of rotatable bonds is 11. The van der Waals surface area contributed by atoms with Crippen LogP contribution in [0.2, 0.25) is 5.02 Å². The Morgan fingerprint density at radius 3 is 1.92 bits per heavy atom. The maximum atomic E-state index is 13.0. The summed E-state index contributed by atoms with van der Waals surface area (Å²) in [6.45, 7) is 17.0. The molecule has 12 aromatic rings. The predicted molar refractivity (Wildman–Crippen MR) is 352 cm³/mol. The van der Waals surface area contributed by atoms with Crippen molar-refractivity contribution in [2.24, 2.45) is 0 Å². The highest BCUT2D eigenvalue weighted by molar-refractivity contribution is 6.33. The van der Waals surface area contributed by atoms with Crippen LogP contribution in [-0.4, -0.2) is 177 Å². The summed E-state index contributed by atoms with van der Waals surface area (Å²) >= 11 is 6.40. The van der Waals surface area contributed by atoms with E-state index in [1.807, 2.05) is 103 Å². The van der Waals surface area contributed by atoms with Crippen molar-refractivity contribution in [3.63, 3.8) is 0 Å². The zero-order chi connectivity index (χ0) is 64.0. The average Bonchev–Trinajstić information content (AvgIpc) is 1.77. The number of hydrogen-bond acceptors (Lipinski definition) is 19. The number of piperidine rings is 3. The second-order valence-electron chi connectivity index (χ2n) is 24.8. The minimum Gasteiger partial charge on any atom is -0.441 e. The molecule has 0 radical (unpaired) electrons. The number of hydrogen-bond donors (Lipinski definition) is 2. The van der Waals surface area contributed by atoms with Crippen LogP contribution in [0, 0.1) is 27.7 Å². The summed E-state index contributed by atoms with van der Waals surface area (Å²) in [5.41, 5.74) is 13.9. The van der Waals surface area contributed by atoms with E-state index < -0.39 is 0 Å². The minimum atomic E-state index is -0.205. The Balaban J connectivity index is 0.000000121. The zero-order valence-electron chi connectivity index (χ0n) is 52.3. The van der Waals surface area contributed by atoms with Crippen molar-refractivity contribution < 1.29 is 19.4 Å². The van der Waals surface area contributed by atoms with Crippen molar-refractivity contribution in [1.82, 2.24) is 82.0 Å². The van der Waals surface area contributed by atoms with Crippen molar-refractivity contribution in [3.8, 4) is 33.9 Å². The highest BCUT2D eigenvalue weighted by atomic mass is 35.5. The molecule has 0 atom stereocenters. The molecule has 11 aromatic heterocycles. The van der Waals surface area contributed by atoms with E-state index in [2.05, 4.69) is 60.9 Å². The Morgan fingerprint density at radius 2 is 1.20 bits per heavy atom. The second kappa shape index (κ2) is 26.2. The fourth-order valence-corrected chi connectivity index (χ4v) is 13.7. The third kappa shape index (κ3) is 13.0. The van der Waals surface area contributed by atoms with Crippen LogP contribution < -0.4 is 16.7 Å². The quantitative estimate of drug-likeness (QED) is 0.127. The summed E-state index contributed by atoms with van der Waals surface area (Å²) in [7, 11) is 0. The van der Waals surface area contributed by atoms with E-state index in [9.17, 15) is 14.4 Å². The highest BCUT2D eigenvalue weighted by Crippen LogP contribution is 2.33. The molecule has 4 saturated heterocycles. The van der Waals surface area contributed by atoms with E-state index in [1.54, 1.807) is 34.1 Å². The number of aryl methyl sites for hydroxylation is 4. The summed E-state index contributed by atoms with van der Waals surface area (Å²) in [6, 6.07) is 22.5.